The van der Waals surface area contributed by atoms with Crippen LogP contribution in [0.25, 0.3) is 0 Å². The van der Waals surface area contributed by atoms with Crippen LogP contribution in [0.5, 0.6) is 0 Å². The first kappa shape index (κ1) is 14.5. The van der Waals surface area contributed by atoms with Gasteiger partial charge in [-0.2, -0.15) is 5.26 Å². The Bertz CT molecular complexity index is 505. The van der Waals surface area contributed by atoms with Gasteiger partial charge in [0, 0.05) is 6.54 Å². The van der Waals surface area contributed by atoms with Gasteiger partial charge in [0.05, 0.1) is 24.8 Å². The second-order valence-corrected chi connectivity index (χ2v) is 5.73. The third-order valence-corrected chi connectivity index (χ3v) is 3.65. The van der Waals surface area contributed by atoms with Crippen LogP contribution >= 0.6 is 0 Å². The molecule has 1 aromatic rings. The molecule has 0 spiro atoms. The van der Waals surface area contributed by atoms with Crippen molar-refractivity contribution in [2.24, 2.45) is 5.92 Å². The van der Waals surface area contributed by atoms with E-state index in [1.165, 1.54) is 0 Å². The molecule has 1 aliphatic rings. The van der Waals surface area contributed by atoms with Gasteiger partial charge in [0.25, 0.3) is 0 Å². The number of rotatable bonds is 3. The molecule has 1 aromatic carbocycles. The lowest BCUT2D eigenvalue weighted by Gasteiger charge is -2.42. The summed E-state index contributed by atoms with van der Waals surface area (Å²) >= 11 is 0. The second-order valence-electron chi connectivity index (χ2n) is 5.73. The predicted molar refractivity (Wildman–Crippen MR) is 75.9 cm³/mol. The molecule has 0 aromatic heterocycles. The van der Waals surface area contributed by atoms with Gasteiger partial charge in [-0.05, 0) is 25.8 Å². The molecule has 1 amide bonds. The molecule has 1 heterocycles. The van der Waals surface area contributed by atoms with Crippen molar-refractivity contribution in [3.8, 4) is 6.07 Å². The van der Waals surface area contributed by atoms with E-state index in [-0.39, 0.29) is 11.4 Å². The van der Waals surface area contributed by atoms with Gasteiger partial charge in [-0.25, -0.2) is 0 Å². The average molecular weight is 272 g/mol. The Morgan fingerprint density at radius 2 is 2.15 bits per heavy atom. The molecule has 0 N–H and O–H groups in total. The highest BCUT2D eigenvalue weighted by Gasteiger charge is 2.37. The standard InChI is InChI=1S/C16H20N2O2/c1-16(2)12-20-9-8-18(16)15(19)14(11-17)10-13-6-4-3-5-7-13/h3-7,14H,8-10,12H2,1-2H3. The number of nitriles is 1. The Hall–Kier alpha value is -1.86. The Morgan fingerprint density at radius 1 is 1.45 bits per heavy atom. The number of morpholine rings is 1. The van der Waals surface area contributed by atoms with Crippen LogP contribution < -0.4 is 0 Å². The van der Waals surface area contributed by atoms with E-state index >= 15 is 0 Å². The molecule has 106 valence electrons. The molecule has 2 rings (SSSR count). The van der Waals surface area contributed by atoms with Gasteiger partial charge in [-0.1, -0.05) is 30.3 Å². The van der Waals surface area contributed by atoms with Gasteiger partial charge in [-0.3, -0.25) is 4.79 Å². The molecule has 1 aliphatic heterocycles. The second kappa shape index (κ2) is 6.06. The van der Waals surface area contributed by atoms with Gasteiger partial charge in [-0.15, -0.1) is 0 Å². The molecule has 0 bridgehead atoms. The summed E-state index contributed by atoms with van der Waals surface area (Å²) in [5, 5.41) is 9.33. The normalized spacial score (nSPS) is 19.1. The summed E-state index contributed by atoms with van der Waals surface area (Å²) in [7, 11) is 0. The van der Waals surface area contributed by atoms with E-state index < -0.39 is 5.92 Å². The molecule has 0 saturated carbocycles. The smallest absolute Gasteiger partial charge is 0.240 e. The van der Waals surface area contributed by atoms with Crippen LogP contribution in [-0.2, 0) is 16.0 Å². The minimum absolute atomic E-state index is 0.0929. The minimum atomic E-state index is -0.630. The molecular formula is C16H20N2O2. The van der Waals surface area contributed by atoms with Gasteiger partial charge >= 0.3 is 0 Å². The van der Waals surface area contributed by atoms with Crippen LogP contribution in [0.1, 0.15) is 19.4 Å². The maximum Gasteiger partial charge on any atom is 0.240 e. The first-order valence-electron chi connectivity index (χ1n) is 6.87. The summed E-state index contributed by atoms with van der Waals surface area (Å²) in [6.07, 6.45) is 0.462. The van der Waals surface area contributed by atoms with Crippen molar-refractivity contribution in [3.63, 3.8) is 0 Å². The topological polar surface area (TPSA) is 53.3 Å². The van der Waals surface area contributed by atoms with E-state index in [0.717, 1.165) is 5.56 Å². The van der Waals surface area contributed by atoms with E-state index in [9.17, 15) is 10.1 Å². The van der Waals surface area contributed by atoms with Crippen LogP contribution in [0, 0.1) is 17.2 Å². The van der Waals surface area contributed by atoms with Crippen molar-refractivity contribution in [1.82, 2.24) is 4.90 Å². The summed E-state index contributed by atoms with van der Waals surface area (Å²) in [5.74, 6) is -0.723. The molecule has 4 nitrogen and oxygen atoms in total. The zero-order valence-corrected chi connectivity index (χ0v) is 12.0. The zero-order chi connectivity index (χ0) is 14.6. The molecule has 1 atom stereocenters. The molecule has 1 fully saturated rings. The molecular weight excluding hydrogens is 252 g/mol. The van der Waals surface area contributed by atoms with Crippen molar-refractivity contribution < 1.29 is 9.53 Å². The summed E-state index contributed by atoms with van der Waals surface area (Å²) in [5.41, 5.74) is 0.666. The van der Waals surface area contributed by atoms with E-state index in [0.29, 0.717) is 26.2 Å². The summed E-state index contributed by atoms with van der Waals surface area (Å²) in [4.78, 5) is 14.4. The summed E-state index contributed by atoms with van der Waals surface area (Å²) < 4.78 is 5.42. The average Bonchev–Trinajstić information content (AvgIpc) is 2.45. The van der Waals surface area contributed by atoms with E-state index in [1.54, 1.807) is 4.90 Å². The maximum absolute atomic E-state index is 12.6. The van der Waals surface area contributed by atoms with Crippen molar-refractivity contribution in [2.45, 2.75) is 25.8 Å². The van der Waals surface area contributed by atoms with Gasteiger partial charge in [0.15, 0.2) is 0 Å². The number of hydrogen-bond donors (Lipinski definition) is 0. The van der Waals surface area contributed by atoms with Gasteiger partial charge in [0.1, 0.15) is 5.92 Å². The van der Waals surface area contributed by atoms with Crippen LogP contribution in [0.2, 0.25) is 0 Å². The third-order valence-electron chi connectivity index (χ3n) is 3.65. The first-order chi connectivity index (χ1) is 9.54. The molecule has 20 heavy (non-hydrogen) atoms. The monoisotopic (exact) mass is 272 g/mol. The number of nitrogens with zero attached hydrogens (tertiary/aromatic N) is 2. The van der Waals surface area contributed by atoms with E-state index in [4.69, 9.17) is 4.74 Å². The Morgan fingerprint density at radius 3 is 2.75 bits per heavy atom. The lowest BCUT2D eigenvalue weighted by molar-refractivity contribution is -0.148. The van der Waals surface area contributed by atoms with Crippen molar-refractivity contribution in [2.75, 3.05) is 19.8 Å². The summed E-state index contributed by atoms with van der Waals surface area (Å²) in [6.45, 7) is 5.56. The van der Waals surface area contributed by atoms with Gasteiger partial charge < -0.3 is 9.64 Å². The van der Waals surface area contributed by atoms with Crippen molar-refractivity contribution in [1.29, 1.82) is 5.26 Å². The van der Waals surface area contributed by atoms with Gasteiger partial charge in [0.2, 0.25) is 5.91 Å². The predicted octanol–water partition coefficient (Wildman–Crippen LogP) is 2.01. The van der Waals surface area contributed by atoms with Crippen LogP contribution in [0.3, 0.4) is 0 Å². The summed E-state index contributed by atoms with van der Waals surface area (Å²) in [6, 6.07) is 11.8. The van der Waals surface area contributed by atoms with E-state index in [1.807, 2.05) is 44.2 Å². The molecule has 1 saturated heterocycles. The van der Waals surface area contributed by atoms with Crippen LogP contribution in [-0.4, -0.2) is 36.1 Å². The largest absolute Gasteiger partial charge is 0.377 e. The zero-order valence-electron chi connectivity index (χ0n) is 12.0. The number of carbonyl (C=O) groups excluding carboxylic acids is 1. The molecule has 0 radical (unpaired) electrons. The number of amides is 1. The number of benzene rings is 1. The number of ether oxygens (including phenoxy) is 1. The Balaban J connectivity index is 2.11. The Kier molecular flexibility index (Phi) is 4.41. The molecule has 1 unspecified atom stereocenters. The fraction of sp³-hybridized carbons (Fsp3) is 0.500. The lowest BCUT2D eigenvalue weighted by atomic mass is 9.95. The SMILES string of the molecule is CC1(C)COCCN1C(=O)C(C#N)Cc1ccccc1. The van der Waals surface area contributed by atoms with Crippen LogP contribution in [0.4, 0.5) is 0 Å². The molecule has 4 heteroatoms. The minimum Gasteiger partial charge on any atom is -0.377 e. The number of carbonyl (C=O) groups is 1. The molecule has 0 aliphatic carbocycles. The maximum atomic E-state index is 12.6. The van der Waals surface area contributed by atoms with Crippen molar-refractivity contribution >= 4 is 5.91 Å². The Labute approximate surface area is 120 Å². The fourth-order valence-corrected chi connectivity index (χ4v) is 2.49. The van der Waals surface area contributed by atoms with Crippen LogP contribution in [0.15, 0.2) is 30.3 Å². The van der Waals surface area contributed by atoms with E-state index in [2.05, 4.69) is 6.07 Å². The quantitative estimate of drug-likeness (QED) is 0.845. The highest BCUT2D eigenvalue weighted by atomic mass is 16.5. The van der Waals surface area contributed by atoms with Crippen molar-refractivity contribution in [3.05, 3.63) is 35.9 Å². The first-order valence-corrected chi connectivity index (χ1v) is 6.87. The fourth-order valence-electron chi connectivity index (χ4n) is 2.49. The highest BCUT2D eigenvalue weighted by molar-refractivity contribution is 5.82. The third kappa shape index (κ3) is 3.17. The highest BCUT2D eigenvalue weighted by Crippen LogP contribution is 2.22. The lowest BCUT2D eigenvalue weighted by Crippen LogP contribution is -2.57. The number of hydrogen-bond acceptors (Lipinski definition) is 3.